The molecule has 0 aliphatic heterocycles. The number of halogens is 2. The maximum absolute atomic E-state index is 13.6. The van der Waals surface area contributed by atoms with Gasteiger partial charge in [0.1, 0.15) is 17.7 Å². The fraction of sp³-hybridized carbons (Fsp3) is 0.556. The van der Waals surface area contributed by atoms with Crippen LogP contribution in [-0.4, -0.2) is 25.0 Å². The van der Waals surface area contributed by atoms with Crippen molar-refractivity contribution in [3.63, 3.8) is 0 Å². The van der Waals surface area contributed by atoms with Crippen molar-refractivity contribution in [2.75, 3.05) is 7.11 Å². The first-order valence-electron chi connectivity index (χ1n) is 8.33. The normalized spacial score (nSPS) is 11.8. The van der Waals surface area contributed by atoms with E-state index >= 15 is 0 Å². The maximum Gasteiger partial charge on any atom is 0.328 e. The van der Waals surface area contributed by atoms with E-state index in [1.54, 1.807) is 0 Å². The third-order valence-corrected chi connectivity index (χ3v) is 3.81. The van der Waals surface area contributed by atoms with Crippen LogP contribution in [0.3, 0.4) is 0 Å². The molecule has 24 heavy (non-hydrogen) atoms. The molecule has 0 saturated carbocycles. The number of benzene rings is 1. The summed E-state index contributed by atoms with van der Waals surface area (Å²) in [5.41, 5.74) is -0.298. The fourth-order valence-electron chi connectivity index (χ4n) is 2.43. The Kier molecular flexibility index (Phi) is 8.97. The number of unbranched alkanes of at least 4 members (excludes halogenated alkanes) is 5. The lowest BCUT2D eigenvalue weighted by Gasteiger charge is -2.16. The molecule has 0 aromatic heterocycles. The predicted octanol–water partition coefficient (Wildman–Crippen LogP) is 3.99. The number of amides is 1. The molecule has 0 spiro atoms. The van der Waals surface area contributed by atoms with E-state index in [0.29, 0.717) is 12.5 Å². The van der Waals surface area contributed by atoms with Crippen LogP contribution in [0.25, 0.3) is 0 Å². The van der Waals surface area contributed by atoms with Gasteiger partial charge in [0.25, 0.3) is 5.91 Å². The Morgan fingerprint density at radius 2 is 1.79 bits per heavy atom. The van der Waals surface area contributed by atoms with E-state index in [9.17, 15) is 18.4 Å². The summed E-state index contributed by atoms with van der Waals surface area (Å²) in [7, 11) is 1.24. The predicted molar refractivity (Wildman–Crippen MR) is 87.6 cm³/mol. The highest BCUT2D eigenvalue weighted by Crippen LogP contribution is 2.12. The molecule has 0 aliphatic carbocycles. The van der Waals surface area contributed by atoms with Gasteiger partial charge in [-0.25, -0.2) is 13.6 Å². The second-order valence-electron chi connectivity index (χ2n) is 5.73. The summed E-state index contributed by atoms with van der Waals surface area (Å²) >= 11 is 0. The standard InChI is InChI=1S/C18H25F2NO3/c1-3-4-5-6-7-8-9-16(18(23)24-2)21-17(22)14-11-10-13(19)12-15(14)20/h10-12,16H,3-9H2,1-2H3,(H,21,22)/t16-/m1/s1. The molecule has 0 saturated heterocycles. The van der Waals surface area contributed by atoms with Crippen LogP contribution < -0.4 is 5.32 Å². The van der Waals surface area contributed by atoms with Crippen molar-refractivity contribution in [3.8, 4) is 0 Å². The molecule has 0 heterocycles. The average Bonchev–Trinajstić information content (AvgIpc) is 2.55. The van der Waals surface area contributed by atoms with Crippen molar-refractivity contribution in [2.24, 2.45) is 0 Å². The van der Waals surface area contributed by atoms with Gasteiger partial charge in [-0.2, -0.15) is 0 Å². The first-order valence-corrected chi connectivity index (χ1v) is 8.33. The second kappa shape index (κ2) is 10.7. The molecule has 134 valence electrons. The molecule has 0 radical (unpaired) electrons. The van der Waals surface area contributed by atoms with E-state index < -0.39 is 29.6 Å². The largest absolute Gasteiger partial charge is 0.467 e. The molecule has 1 amide bonds. The lowest BCUT2D eigenvalue weighted by molar-refractivity contribution is -0.143. The first kappa shape index (κ1) is 20.1. The number of rotatable bonds is 10. The molecule has 1 rings (SSSR count). The van der Waals surface area contributed by atoms with Crippen LogP contribution in [0, 0.1) is 11.6 Å². The zero-order chi connectivity index (χ0) is 17.9. The van der Waals surface area contributed by atoms with Gasteiger partial charge in [-0.15, -0.1) is 0 Å². The Bertz CT molecular complexity index is 549. The van der Waals surface area contributed by atoms with Crippen molar-refractivity contribution in [1.29, 1.82) is 0 Å². The van der Waals surface area contributed by atoms with Crippen molar-refractivity contribution in [3.05, 3.63) is 35.4 Å². The number of carbonyl (C=O) groups is 2. The van der Waals surface area contributed by atoms with Crippen molar-refractivity contribution in [1.82, 2.24) is 5.32 Å². The van der Waals surface area contributed by atoms with E-state index in [1.807, 2.05) is 0 Å². The molecular formula is C18H25F2NO3. The summed E-state index contributed by atoms with van der Waals surface area (Å²) in [6.45, 7) is 2.14. The number of methoxy groups -OCH3 is 1. The fourth-order valence-corrected chi connectivity index (χ4v) is 2.43. The Morgan fingerprint density at radius 3 is 2.42 bits per heavy atom. The van der Waals surface area contributed by atoms with E-state index in [0.717, 1.165) is 44.2 Å². The molecule has 6 heteroatoms. The topological polar surface area (TPSA) is 55.4 Å². The van der Waals surface area contributed by atoms with Crippen LogP contribution in [0.15, 0.2) is 18.2 Å². The van der Waals surface area contributed by atoms with Crippen LogP contribution >= 0.6 is 0 Å². The maximum atomic E-state index is 13.6. The number of carbonyl (C=O) groups excluding carboxylic acids is 2. The molecule has 1 aromatic rings. The molecule has 1 aromatic carbocycles. The number of nitrogens with one attached hydrogen (secondary N) is 1. The minimum atomic E-state index is -0.962. The van der Waals surface area contributed by atoms with Crippen LogP contribution in [0.2, 0.25) is 0 Å². The summed E-state index contributed by atoms with van der Waals surface area (Å²) in [5, 5.41) is 2.47. The molecule has 0 aliphatic rings. The zero-order valence-electron chi connectivity index (χ0n) is 14.2. The van der Waals surface area contributed by atoms with E-state index in [1.165, 1.54) is 13.5 Å². The Balaban J connectivity index is 2.58. The summed E-state index contributed by atoms with van der Waals surface area (Å²) in [5.74, 6) is -3.05. The van der Waals surface area contributed by atoms with Gasteiger partial charge in [0.15, 0.2) is 0 Å². The molecule has 0 unspecified atom stereocenters. The van der Waals surface area contributed by atoms with Gasteiger partial charge >= 0.3 is 5.97 Å². The van der Waals surface area contributed by atoms with Crippen LogP contribution in [0.1, 0.15) is 62.2 Å². The lowest BCUT2D eigenvalue weighted by atomic mass is 10.0. The zero-order valence-corrected chi connectivity index (χ0v) is 14.2. The highest BCUT2D eigenvalue weighted by atomic mass is 19.1. The highest BCUT2D eigenvalue weighted by Gasteiger charge is 2.23. The quantitative estimate of drug-likeness (QED) is 0.517. The summed E-state index contributed by atoms with van der Waals surface area (Å²) < 4.78 is 31.2. The van der Waals surface area contributed by atoms with Crippen molar-refractivity contribution >= 4 is 11.9 Å². The van der Waals surface area contributed by atoms with Crippen molar-refractivity contribution < 1.29 is 23.1 Å². The third kappa shape index (κ3) is 6.64. The molecule has 0 fully saturated rings. The lowest BCUT2D eigenvalue weighted by Crippen LogP contribution is -2.41. The number of hydrogen-bond donors (Lipinski definition) is 1. The van der Waals surface area contributed by atoms with Crippen LogP contribution in [0.4, 0.5) is 8.78 Å². The summed E-state index contributed by atoms with van der Waals surface area (Å²) in [6.07, 6.45) is 6.69. The first-order chi connectivity index (χ1) is 11.5. The number of hydrogen-bond acceptors (Lipinski definition) is 3. The van der Waals surface area contributed by atoms with E-state index in [2.05, 4.69) is 17.0 Å². The monoisotopic (exact) mass is 341 g/mol. The number of esters is 1. The highest BCUT2D eigenvalue weighted by molar-refractivity contribution is 5.96. The van der Waals surface area contributed by atoms with E-state index in [4.69, 9.17) is 0 Å². The van der Waals surface area contributed by atoms with Gasteiger partial charge in [0, 0.05) is 6.07 Å². The second-order valence-corrected chi connectivity index (χ2v) is 5.73. The van der Waals surface area contributed by atoms with Gasteiger partial charge in [0.2, 0.25) is 0 Å². The summed E-state index contributed by atoms with van der Waals surface area (Å²) in [4.78, 5) is 23.9. The van der Waals surface area contributed by atoms with Gasteiger partial charge in [-0.1, -0.05) is 45.4 Å². The Labute approximate surface area is 141 Å². The van der Waals surface area contributed by atoms with E-state index in [-0.39, 0.29) is 5.56 Å². The van der Waals surface area contributed by atoms with Gasteiger partial charge in [-0.05, 0) is 18.6 Å². The third-order valence-electron chi connectivity index (χ3n) is 3.81. The van der Waals surface area contributed by atoms with Gasteiger partial charge in [0.05, 0.1) is 12.7 Å². The SMILES string of the molecule is CCCCCCCC[C@@H](NC(=O)c1ccc(F)cc1F)C(=O)OC. The average molecular weight is 341 g/mol. The minimum absolute atomic E-state index is 0.298. The Hall–Kier alpha value is -1.98. The van der Waals surface area contributed by atoms with Gasteiger partial charge < -0.3 is 10.1 Å². The van der Waals surface area contributed by atoms with Crippen LogP contribution in [0.5, 0.6) is 0 Å². The smallest absolute Gasteiger partial charge is 0.328 e. The molecule has 0 bridgehead atoms. The van der Waals surface area contributed by atoms with Crippen molar-refractivity contribution in [2.45, 2.75) is 57.9 Å². The molecule has 1 N–H and O–H groups in total. The molecule has 4 nitrogen and oxygen atoms in total. The molecular weight excluding hydrogens is 316 g/mol. The van der Waals surface area contributed by atoms with Crippen LogP contribution in [-0.2, 0) is 9.53 Å². The van der Waals surface area contributed by atoms with Gasteiger partial charge in [-0.3, -0.25) is 4.79 Å². The minimum Gasteiger partial charge on any atom is -0.467 e. The summed E-state index contributed by atoms with van der Waals surface area (Å²) in [6, 6.07) is 1.85. The Morgan fingerprint density at radius 1 is 1.12 bits per heavy atom. The number of ether oxygens (including phenoxy) is 1. The molecule has 1 atom stereocenters.